The van der Waals surface area contributed by atoms with E-state index in [-0.39, 0.29) is 0 Å². The molecule has 0 saturated carbocycles. The number of aliphatic carboxylic acids is 1. The molecule has 5 nitrogen and oxygen atoms in total. The Kier molecular flexibility index (Phi) is 5.51. The molecule has 2 aromatic rings. The lowest BCUT2D eigenvalue weighted by Gasteiger charge is -2.15. The van der Waals surface area contributed by atoms with Gasteiger partial charge in [-0.3, -0.25) is 4.79 Å². The molecule has 0 radical (unpaired) electrons. The number of nitrogens with zero attached hydrogens (tertiary/aromatic N) is 2. The molecular formula is C16H21N3O2. The number of rotatable bonds is 8. The Morgan fingerprint density at radius 3 is 2.81 bits per heavy atom. The van der Waals surface area contributed by atoms with Crippen molar-refractivity contribution in [3.63, 3.8) is 0 Å². The zero-order chi connectivity index (χ0) is 15.1. The lowest BCUT2D eigenvalue weighted by atomic mass is 10.2. The summed E-state index contributed by atoms with van der Waals surface area (Å²) in [6.07, 6.45) is 5.09. The number of hydrogen-bond donors (Lipinski definition) is 2. The summed E-state index contributed by atoms with van der Waals surface area (Å²) < 4.78 is 2.00. The molecule has 21 heavy (non-hydrogen) atoms. The molecule has 0 saturated heterocycles. The van der Waals surface area contributed by atoms with E-state index in [0.29, 0.717) is 19.5 Å². The Hall–Kier alpha value is -2.14. The van der Waals surface area contributed by atoms with Crippen LogP contribution in [0.25, 0.3) is 11.4 Å². The predicted molar refractivity (Wildman–Crippen MR) is 82.0 cm³/mol. The van der Waals surface area contributed by atoms with Gasteiger partial charge >= 0.3 is 5.97 Å². The van der Waals surface area contributed by atoms with Gasteiger partial charge in [0.1, 0.15) is 11.9 Å². The molecular weight excluding hydrogens is 266 g/mol. The smallest absolute Gasteiger partial charge is 0.320 e. The van der Waals surface area contributed by atoms with Gasteiger partial charge in [0.25, 0.3) is 0 Å². The monoisotopic (exact) mass is 287 g/mol. The summed E-state index contributed by atoms with van der Waals surface area (Å²) in [5, 5.41) is 12.3. The number of nitrogens with one attached hydrogen (secondary N) is 1. The molecule has 0 aliphatic rings. The molecule has 112 valence electrons. The highest BCUT2D eigenvalue weighted by Crippen LogP contribution is 2.17. The molecule has 0 amide bonds. The van der Waals surface area contributed by atoms with Crippen molar-refractivity contribution in [2.24, 2.45) is 0 Å². The number of imidazole rings is 1. The van der Waals surface area contributed by atoms with E-state index in [1.807, 2.05) is 48.0 Å². The lowest BCUT2D eigenvalue weighted by molar-refractivity contribution is -0.139. The predicted octanol–water partition coefficient (Wildman–Crippen LogP) is 2.39. The van der Waals surface area contributed by atoms with Gasteiger partial charge in [-0.05, 0) is 19.4 Å². The molecule has 5 heteroatoms. The molecule has 1 heterocycles. The van der Waals surface area contributed by atoms with Gasteiger partial charge in [-0.1, -0.05) is 37.3 Å². The first-order valence-electron chi connectivity index (χ1n) is 7.25. The normalized spacial score (nSPS) is 12.2. The van der Waals surface area contributed by atoms with Crippen molar-refractivity contribution < 1.29 is 9.90 Å². The van der Waals surface area contributed by atoms with Gasteiger partial charge in [0.2, 0.25) is 0 Å². The van der Waals surface area contributed by atoms with Crippen molar-refractivity contribution in [3.05, 3.63) is 42.7 Å². The number of aromatic nitrogens is 2. The van der Waals surface area contributed by atoms with Crippen molar-refractivity contribution in [1.29, 1.82) is 0 Å². The summed E-state index contributed by atoms with van der Waals surface area (Å²) >= 11 is 0. The van der Waals surface area contributed by atoms with Crippen LogP contribution in [0.3, 0.4) is 0 Å². The third-order valence-electron chi connectivity index (χ3n) is 3.34. The van der Waals surface area contributed by atoms with Crippen molar-refractivity contribution in [1.82, 2.24) is 14.9 Å². The van der Waals surface area contributed by atoms with Gasteiger partial charge in [-0.2, -0.15) is 0 Å². The molecule has 0 aliphatic heterocycles. The average molecular weight is 287 g/mol. The van der Waals surface area contributed by atoms with Crippen molar-refractivity contribution in [3.8, 4) is 11.4 Å². The van der Waals surface area contributed by atoms with E-state index in [4.69, 9.17) is 0 Å². The molecule has 2 rings (SSSR count). The highest BCUT2D eigenvalue weighted by atomic mass is 16.4. The fourth-order valence-corrected chi connectivity index (χ4v) is 2.24. The van der Waals surface area contributed by atoms with Gasteiger partial charge in [-0.15, -0.1) is 0 Å². The fourth-order valence-electron chi connectivity index (χ4n) is 2.24. The van der Waals surface area contributed by atoms with Gasteiger partial charge in [0.15, 0.2) is 0 Å². The molecule has 0 fully saturated rings. The highest BCUT2D eigenvalue weighted by molar-refractivity contribution is 5.73. The molecule has 2 N–H and O–H groups in total. The highest BCUT2D eigenvalue weighted by Gasteiger charge is 2.16. The summed E-state index contributed by atoms with van der Waals surface area (Å²) in [6, 6.07) is 9.39. The summed E-state index contributed by atoms with van der Waals surface area (Å²) in [5.41, 5.74) is 1.04. The first kappa shape index (κ1) is 15.3. The number of aryl methyl sites for hydroxylation is 1. The Balaban J connectivity index is 2.03. The molecule has 1 aromatic carbocycles. The topological polar surface area (TPSA) is 67.2 Å². The Labute approximate surface area is 124 Å². The van der Waals surface area contributed by atoms with Crippen LogP contribution in [0, 0.1) is 0 Å². The minimum absolute atomic E-state index is 0.518. The van der Waals surface area contributed by atoms with E-state index in [1.54, 1.807) is 6.20 Å². The van der Waals surface area contributed by atoms with Crippen LogP contribution in [0.4, 0.5) is 0 Å². The first-order chi connectivity index (χ1) is 10.2. The molecule has 0 bridgehead atoms. The third kappa shape index (κ3) is 4.16. The minimum Gasteiger partial charge on any atom is -0.480 e. The van der Waals surface area contributed by atoms with E-state index in [2.05, 4.69) is 10.3 Å². The van der Waals surface area contributed by atoms with Gasteiger partial charge in [-0.25, -0.2) is 4.98 Å². The molecule has 1 unspecified atom stereocenters. The molecule has 1 atom stereocenters. The third-order valence-corrected chi connectivity index (χ3v) is 3.34. The van der Waals surface area contributed by atoms with Gasteiger partial charge < -0.3 is 15.0 Å². The van der Waals surface area contributed by atoms with Gasteiger partial charge in [0, 0.05) is 24.5 Å². The summed E-state index contributed by atoms with van der Waals surface area (Å²) in [7, 11) is 0. The summed E-state index contributed by atoms with van der Waals surface area (Å²) in [5.74, 6) is 0.0695. The van der Waals surface area contributed by atoms with Crippen LogP contribution in [0.5, 0.6) is 0 Å². The summed E-state index contributed by atoms with van der Waals surface area (Å²) in [6.45, 7) is 3.36. The summed E-state index contributed by atoms with van der Waals surface area (Å²) in [4.78, 5) is 15.6. The largest absolute Gasteiger partial charge is 0.480 e. The van der Waals surface area contributed by atoms with E-state index < -0.39 is 12.0 Å². The fraction of sp³-hybridized carbons (Fsp3) is 0.375. The van der Waals surface area contributed by atoms with Crippen molar-refractivity contribution in [2.45, 2.75) is 32.4 Å². The Bertz CT molecular complexity index is 566. The number of carbonyl (C=O) groups is 1. The van der Waals surface area contributed by atoms with Crippen LogP contribution in [-0.4, -0.2) is 33.2 Å². The molecule has 1 aromatic heterocycles. The second kappa shape index (κ2) is 7.59. The Morgan fingerprint density at radius 1 is 1.38 bits per heavy atom. The van der Waals surface area contributed by atoms with Crippen LogP contribution in [0.2, 0.25) is 0 Å². The molecule has 0 spiro atoms. The second-order valence-corrected chi connectivity index (χ2v) is 4.94. The number of carboxylic acids is 1. The number of benzene rings is 1. The average Bonchev–Trinajstić information content (AvgIpc) is 2.96. The SMILES string of the molecule is CCCNC(CCn1ccnc1-c1ccccc1)C(=O)O. The number of carboxylic acid groups (broad SMARTS) is 1. The Morgan fingerprint density at radius 2 is 2.14 bits per heavy atom. The van der Waals surface area contributed by atoms with Crippen LogP contribution in [0.1, 0.15) is 19.8 Å². The van der Waals surface area contributed by atoms with Crippen LogP contribution >= 0.6 is 0 Å². The second-order valence-electron chi connectivity index (χ2n) is 4.94. The minimum atomic E-state index is -0.801. The number of hydrogen-bond acceptors (Lipinski definition) is 3. The maximum Gasteiger partial charge on any atom is 0.320 e. The zero-order valence-corrected chi connectivity index (χ0v) is 12.2. The molecule has 0 aliphatic carbocycles. The zero-order valence-electron chi connectivity index (χ0n) is 12.2. The van der Waals surface area contributed by atoms with Crippen LogP contribution < -0.4 is 5.32 Å². The van der Waals surface area contributed by atoms with Crippen molar-refractivity contribution >= 4 is 5.97 Å². The maximum absolute atomic E-state index is 11.2. The van der Waals surface area contributed by atoms with Crippen LogP contribution in [0.15, 0.2) is 42.7 Å². The van der Waals surface area contributed by atoms with Crippen molar-refractivity contribution in [2.75, 3.05) is 6.54 Å². The standard InChI is InChI=1S/C16H21N3O2/c1-2-9-17-14(16(20)21)8-11-19-12-10-18-15(19)13-6-4-3-5-7-13/h3-7,10,12,14,17H,2,8-9,11H2,1H3,(H,20,21). The van der Waals surface area contributed by atoms with Crippen LogP contribution in [-0.2, 0) is 11.3 Å². The first-order valence-corrected chi connectivity index (χ1v) is 7.25. The van der Waals surface area contributed by atoms with Gasteiger partial charge in [0.05, 0.1) is 0 Å². The van der Waals surface area contributed by atoms with E-state index in [9.17, 15) is 9.90 Å². The van der Waals surface area contributed by atoms with E-state index in [0.717, 1.165) is 17.8 Å². The maximum atomic E-state index is 11.2. The quantitative estimate of drug-likeness (QED) is 0.782. The lowest BCUT2D eigenvalue weighted by Crippen LogP contribution is -2.37. The van der Waals surface area contributed by atoms with E-state index >= 15 is 0 Å². The van der Waals surface area contributed by atoms with E-state index in [1.165, 1.54) is 0 Å².